The van der Waals surface area contributed by atoms with Gasteiger partial charge in [-0.15, -0.1) is 0 Å². The average molecular weight is 337 g/mol. The largest absolute Gasteiger partial charge is 0.478 e. The molecule has 132 valence electrons. The molecule has 2 fully saturated rings. The lowest BCUT2D eigenvalue weighted by Gasteiger charge is -2.36. The summed E-state index contributed by atoms with van der Waals surface area (Å²) in [5.41, 5.74) is 5.85. The standard InChI is InChI=1S/C17H24FN3O3/c1-2-23-16-9-13(12(18)10-20-16)21-7-5-11(6-8-21)14-3-4-15(24-14)17(19)22/h9-11,14-15H,2-8H2,1H3,(H2,19,22)/t14-,15+/m0/s1. The molecule has 1 aromatic rings. The molecule has 2 aliphatic rings. The lowest BCUT2D eigenvalue weighted by Crippen LogP contribution is -2.39. The highest BCUT2D eigenvalue weighted by atomic mass is 19.1. The first-order chi connectivity index (χ1) is 11.6. The van der Waals surface area contributed by atoms with Crippen LogP contribution in [-0.4, -0.2) is 42.8 Å². The second kappa shape index (κ2) is 7.34. The number of hydrogen-bond donors (Lipinski definition) is 1. The van der Waals surface area contributed by atoms with E-state index in [0.29, 0.717) is 30.5 Å². The number of carbonyl (C=O) groups is 1. The van der Waals surface area contributed by atoms with Crippen molar-refractivity contribution in [2.75, 3.05) is 24.6 Å². The van der Waals surface area contributed by atoms with Gasteiger partial charge in [0.05, 0.1) is 24.6 Å². The van der Waals surface area contributed by atoms with Crippen LogP contribution in [0.1, 0.15) is 32.6 Å². The van der Waals surface area contributed by atoms with E-state index in [1.807, 2.05) is 11.8 Å². The summed E-state index contributed by atoms with van der Waals surface area (Å²) in [6.45, 7) is 3.87. The van der Waals surface area contributed by atoms with Crippen molar-refractivity contribution in [2.45, 2.75) is 44.8 Å². The second-order valence-corrected chi connectivity index (χ2v) is 6.37. The number of ether oxygens (including phenoxy) is 2. The fraction of sp³-hybridized carbons (Fsp3) is 0.647. The van der Waals surface area contributed by atoms with Gasteiger partial charge in [0.2, 0.25) is 11.8 Å². The summed E-state index contributed by atoms with van der Waals surface area (Å²) in [5, 5.41) is 0. The van der Waals surface area contributed by atoms with Crippen molar-refractivity contribution in [1.82, 2.24) is 4.98 Å². The normalized spacial score (nSPS) is 25.0. The number of carbonyl (C=O) groups excluding carboxylic acids is 1. The molecule has 0 unspecified atom stereocenters. The van der Waals surface area contributed by atoms with Crippen LogP contribution >= 0.6 is 0 Å². The molecule has 24 heavy (non-hydrogen) atoms. The van der Waals surface area contributed by atoms with Crippen molar-refractivity contribution < 1.29 is 18.7 Å². The minimum Gasteiger partial charge on any atom is -0.478 e. The van der Waals surface area contributed by atoms with Crippen molar-refractivity contribution in [3.8, 4) is 5.88 Å². The van der Waals surface area contributed by atoms with E-state index in [4.69, 9.17) is 15.2 Å². The van der Waals surface area contributed by atoms with E-state index >= 15 is 0 Å². The molecule has 3 rings (SSSR count). The number of nitrogens with zero attached hydrogens (tertiary/aromatic N) is 2. The molecule has 0 spiro atoms. The molecular formula is C17H24FN3O3. The number of hydrogen-bond acceptors (Lipinski definition) is 5. The van der Waals surface area contributed by atoms with Crippen molar-refractivity contribution in [1.29, 1.82) is 0 Å². The van der Waals surface area contributed by atoms with Crippen LogP contribution < -0.4 is 15.4 Å². The number of primary amides is 1. The summed E-state index contributed by atoms with van der Waals surface area (Å²) in [7, 11) is 0. The molecule has 2 atom stereocenters. The fourth-order valence-electron chi connectivity index (χ4n) is 3.61. The smallest absolute Gasteiger partial charge is 0.246 e. The molecule has 0 aliphatic carbocycles. The maximum atomic E-state index is 14.1. The molecule has 0 bridgehead atoms. The molecule has 6 nitrogen and oxygen atoms in total. The SMILES string of the molecule is CCOc1cc(N2CCC([C@@H]3CC[C@H](C(N)=O)O3)CC2)c(F)cn1. The van der Waals surface area contributed by atoms with Crippen LogP contribution in [0.2, 0.25) is 0 Å². The molecular weight excluding hydrogens is 313 g/mol. The van der Waals surface area contributed by atoms with Crippen LogP contribution in [0.25, 0.3) is 0 Å². The quantitative estimate of drug-likeness (QED) is 0.887. The van der Waals surface area contributed by atoms with Crippen LogP contribution in [0.5, 0.6) is 5.88 Å². The topological polar surface area (TPSA) is 77.7 Å². The predicted molar refractivity (Wildman–Crippen MR) is 87.4 cm³/mol. The Balaban J connectivity index is 1.59. The van der Waals surface area contributed by atoms with Crippen molar-refractivity contribution in [3.05, 3.63) is 18.1 Å². The third-order valence-electron chi connectivity index (χ3n) is 4.88. The van der Waals surface area contributed by atoms with Crippen LogP contribution in [0.15, 0.2) is 12.3 Å². The van der Waals surface area contributed by atoms with E-state index in [0.717, 1.165) is 32.4 Å². The zero-order chi connectivity index (χ0) is 17.1. The Morgan fingerprint density at radius 2 is 2.17 bits per heavy atom. The van der Waals surface area contributed by atoms with E-state index in [1.165, 1.54) is 6.20 Å². The van der Waals surface area contributed by atoms with Gasteiger partial charge in [-0.2, -0.15) is 0 Å². The van der Waals surface area contributed by atoms with Gasteiger partial charge in [-0.3, -0.25) is 4.79 Å². The van der Waals surface area contributed by atoms with Crippen molar-refractivity contribution >= 4 is 11.6 Å². The van der Waals surface area contributed by atoms with E-state index < -0.39 is 6.10 Å². The van der Waals surface area contributed by atoms with E-state index in [1.54, 1.807) is 6.07 Å². The number of nitrogens with two attached hydrogens (primary N) is 1. The first-order valence-corrected chi connectivity index (χ1v) is 8.56. The van der Waals surface area contributed by atoms with Gasteiger partial charge in [0.15, 0.2) is 5.82 Å². The summed E-state index contributed by atoms with van der Waals surface area (Å²) in [6, 6.07) is 1.66. The molecule has 1 amide bonds. The third kappa shape index (κ3) is 3.61. The Morgan fingerprint density at radius 3 is 2.79 bits per heavy atom. The highest BCUT2D eigenvalue weighted by Gasteiger charge is 2.36. The van der Waals surface area contributed by atoms with E-state index in [9.17, 15) is 9.18 Å². The fourth-order valence-corrected chi connectivity index (χ4v) is 3.61. The van der Waals surface area contributed by atoms with E-state index in [2.05, 4.69) is 4.98 Å². The monoisotopic (exact) mass is 337 g/mol. The van der Waals surface area contributed by atoms with Crippen LogP contribution in [0, 0.1) is 11.7 Å². The number of piperidine rings is 1. The molecule has 1 aromatic heterocycles. The molecule has 0 saturated carbocycles. The van der Waals surface area contributed by atoms with Gasteiger partial charge >= 0.3 is 0 Å². The lowest BCUT2D eigenvalue weighted by atomic mass is 9.89. The van der Waals surface area contributed by atoms with Gasteiger partial charge in [-0.25, -0.2) is 9.37 Å². The number of aromatic nitrogens is 1. The third-order valence-corrected chi connectivity index (χ3v) is 4.88. The molecule has 0 aromatic carbocycles. The number of pyridine rings is 1. The molecule has 7 heteroatoms. The second-order valence-electron chi connectivity index (χ2n) is 6.37. The highest BCUT2D eigenvalue weighted by molar-refractivity contribution is 5.79. The van der Waals surface area contributed by atoms with Gasteiger partial charge < -0.3 is 20.1 Å². The maximum Gasteiger partial charge on any atom is 0.246 e. The van der Waals surface area contributed by atoms with Crippen LogP contribution in [0.3, 0.4) is 0 Å². The molecule has 0 radical (unpaired) electrons. The summed E-state index contributed by atoms with van der Waals surface area (Å²) in [4.78, 5) is 17.2. The minimum absolute atomic E-state index is 0.0888. The zero-order valence-electron chi connectivity index (χ0n) is 13.9. The molecule has 2 aliphatic heterocycles. The van der Waals surface area contributed by atoms with Crippen LogP contribution in [-0.2, 0) is 9.53 Å². The number of rotatable bonds is 5. The zero-order valence-corrected chi connectivity index (χ0v) is 13.9. The lowest BCUT2D eigenvalue weighted by molar-refractivity contribution is -0.130. The summed E-state index contributed by atoms with van der Waals surface area (Å²) < 4.78 is 25.2. The van der Waals surface area contributed by atoms with Gasteiger partial charge in [0.25, 0.3) is 0 Å². The Morgan fingerprint density at radius 1 is 1.42 bits per heavy atom. The highest BCUT2D eigenvalue weighted by Crippen LogP contribution is 2.34. The van der Waals surface area contributed by atoms with Crippen LogP contribution in [0.4, 0.5) is 10.1 Å². The maximum absolute atomic E-state index is 14.1. The van der Waals surface area contributed by atoms with Gasteiger partial charge in [0, 0.05) is 19.2 Å². The first-order valence-electron chi connectivity index (χ1n) is 8.56. The van der Waals surface area contributed by atoms with E-state index in [-0.39, 0.29) is 17.8 Å². The summed E-state index contributed by atoms with van der Waals surface area (Å²) in [5.74, 6) is 0.126. The molecule has 2 saturated heterocycles. The number of halogens is 1. The Kier molecular flexibility index (Phi) is 5.18. The van der Waals surface area contributed by atoms with Gasteiger partial charge in [-0.05, 0) is 38.5 Å². The van der Waals surface area contributed by atoms with Gasteiger partial charge in [-0.1, -0.05) is 0 Å². The average Bonchev–Trinajstić information content (AvgIpc) is 3.07. The van der Waals surface area contributed by atoms with Crippen molar-refractivity contribution in [2.24, 2.45) is 11.7 Å². The predicted octanol–water partition coefficient (Wildman–Crippen LogP) is 1.87. The Bertz CT molecular complexity index is 590. The number of amides is 1. The Labute approximate surface area is 141 Å². The summed E-state index contributed by atoms with van der Waals surface area (Å²) >= 11 is 0. The van der Waals surface area contributed by atoms with Gasteiger partial charge in [0.1, 0.15) is 6.10 Å². The molecule has 2 N–H and O–H groups in total. The number of anilines is 1. The summed E-state index contributed by atoms with van der Waals surface area (Å²) in [6.07, 6.45) is 4.24. The van der Waals surface area contributed by atoms with Crippen molar-refractivity contribution in [3.63, 3.8) is 0 Å². The minimum atomic E-state index is -0.445. The first kappa shape index (κ1) is 17.0. The molecule has 3 heterocycles. The Hall–Kier alpha value is -1.89.